The van der Waals surface area contributed by atoms with Crippen molar-refractivity contribution in [1.82, 2.24) is 24.1 Å². The third-order valence-corrected chi connectivity index (χ3v) is 5.51. The van der Waals surface area contributed by atoms with Gasteiger partial charge in [-0.15, -0.1) is 0 Å². The smallest absolute Gasteiger partial charge is 0.211 e. The molecule has 0 radical (unpaired) electrons. The molecule has 2 aromatic rings. The van der Waals surface area contributed by atoms with Crippen LogP contribution in [0.4, 0.5) is 0 Å². The van der Waals surface area contributed by atoms with Gasteiger partial charge in [0.05, 0.1) is 23.8 Å². The van der Waals surface area contributed by atoms with E-state index in [1.807, 2.05) is 13.1 Å². The number of hydrogen-bond acceptors (Lipinski definition) is 5. The molecule has 2 aromatic heterocycles. The zero-order valence-corrected chi connectivity index (χ0v) is 14.2. The molecule has 0 saturated carbocycles. The first-order valence-electron chi connectivity index (χ1n) is 7.68. The van der Waals surface area contributed by atoms with Gasteiger partial charge in [-0.1, -0.05) is 0 Å². The lowest BCUT2D eigenvalue weighted by atomic mass is 9.95. The molecule has 1 atom stereocenters. The van der Waals surface area contributed by atoms with E-state index in [2.05, 4.69) is 15.1 Å². The van der Waals surface area contributed by atoms with Crippen molar-refractivity contribution in [3.63, 3.8) is 0 Å². The maximum atomic E-state index is 11.7. The molecule has 0 aromatic carbocycles. The van der Waals surface area contributed by atoms with Crippen molar-refractivity contribution >= 4 is 10.0 Å². The lowest BCUT2D eigenvalue weighted by molar-refractivity contribution is 0.265. The average Bonchev–Trinajstić information content (AvgIpc) is 2.94. The van der Waals surface area contributed by atoms with Crippen molar-refractivity contribution in [2.45, 2.75) is 19.3 Å². The molecule has 0 N–H and O–H groups in total. The Morgan fingerprint density at radius 2 is 2.13 bits per heavy atom. The summed E-state index contributed by atoms with van der Waals surface area (Å²) >= 11 is 0. The molecular formula is C15H21N5O2S. The van der Waals surface area contributed by atoms with E-state index in [4.69, 9.17) is 0 Å². The van der Waals surface area contributed by atoms with E-state index in [1.165, 1.54) is 6.26 Å². The fourth-order valence-electron chi connectivity index (χ4n) is 3.01. The minimum absolute atomic E-state index is 0.301. The highest BCUT2D eigenvalue weighted by atomic mass is 32.2. The SMILES string of the molecule is Cn1nccc1-c1cnc(C[C@@H]2CCCN(S(C)(=O)=O)C2)cn1. The highest BCUT2D eigenvalue weighted by Gasteiger charge is 2.26. The summed E-state index contributed by atoms with van der Waals surface area (Å²) in [6, 6.07) is 1.90. The number of nitrogens with zero attached hydrogens (tertiary/aromatic N) is 5. The molecule has 1 fully saturated rings. The Morgan fingerprint density at radius 1 is 1.30 bits per heavy atom. The first-order chi connectivity index (χ1) is 10.9. The molecule has 3 heterocycles. The molecule has 8 heteroatoms. The van der Waals surface area contributed by atoms with Gasteiger partial charge in [-0.25, -0.2) is 12.7 Å². The van der Waals surface area contributed by atoms with Crippen molar-refractivity contribution < 1.29 is 8.42 Å². The maximum absolute atomic E-state index is 11.7. The number of piperidine rings is 1. The van der Waals surface area contributed by atoms with Gasteiger partial charge in [0.25, 0.3) is 0 Å². The first kappa shape index (κ1) is 16.1. The topological polar surface area (TPSA) is 81.0 Å². The van der Waals surface area contributed by atoms with Crippen molar-refractivity contribution in [2.24, 2.45) is 13.0 Å². The third kappa shape index (κ3) is 3.76. The van der Waals surface area contributed by atoms with E-state index in [0.717, 1.165) is 36.3 Å². The Hall–Kier alpha value is -1.80. The highest BCUT2D eigenvalue weighted by molar-refractivity contribution is 7.88. The molecule has 0 aliphatic carbocycles. The molecule has 124 valence electrons. The van der Waals surface area contributed by atoms with Gasteiger partial charge >= 0.3 is 0 Å². The third-order valence-electron chi connectivity index (χ3n) is 4.24. The van der Waals surface area contributed by atoms with Gasteiger partial charge in [0.1, 0.15) is 5.69 Å². The van der Waals surface area contributed by atoms with Crippen LogP contribution in [0.15, 0.2) is 24.7 Å². The van der Waals surface area contributed by atoms with Gasteiger partial charge in [0.2, 0.25) is 10.0 Å². The van der Waals surface area contributed by atoms with E-state index in [1.54, 1.807) is 27.6 Å². The van der Waals surface area contributed by atoms with E-state index in [-0.39, 0.29) is 0 Å². The summed E-state index contributed by atoms with van der Waals surface area (Å²) in [7, 11) is -1.24. The summed E-state index contributed by atoms with van der Waals surface area (Å²) < 4.78 is 26.7. The molecule has 0 amide bonds. The summed E-state index contributed by atoms with van der Waals surface area (Å²) in [5.74, 6) is 0.301. The Morgan fingerprint density at radius 3 is 2.74 bits per heavy atom. The first-order valence-corrected chi connectivity index (χ1v) is 9.53. The lowest BCUT2D eigenvalue weighted by Gasteiger charge is -2.30. The minimum Gasteiger partial charge on any atom is -0.266 e. The molecule has 3 rings (SSSR count). The predicted molar refractivity (Wildman–Crippen MR) is 87.1 cm³/mol. The Kier molecular flexibility index (Phi) is 4.45. The van der Waals surface area contributed by atoms with Crippen molar-refractivity contribution in [3.05, 3.63) is 30.4 Å². The quantitative estimate of drug-likeness (QED) is 0.835. The van der Waals surface area contributed by atoms with Gasteiger partial charge in [-0.3, -0.25) is 14.6 Å². The van der Waals surface area contributed by atoms with Crippen LogP contribution in [0.2, 0.25) is 0 Å². The van der Waals surface area contributed by atoms with Gasteiger partial charge in [0, 0.05) is 32.5 Å². The van der Waals surface area contributed by atoms with Gasteiger partial charge in [0.15, 0.2) is 0 Å². The Bertz CT molecular complexity index is 769. The number of rotatable bonds is 4. The van der Waals surface area contributed by atoms with Crippen LogP contribution in [0.25, 0.3) is 11.4 Å². The van der Waals surface area contributed by atoms with Crippen LogP contribution in [0.1, 0.15) is 18.5 Å². The zero-order valence-electron chi connectivity index (χ0n) is 13.4. The molecule has 7 nitrogen and oxygen atoms in total. The van der Waals surface area contributed by atoms with Crippen LogP contribution >= 0.6 is 0 Å². The Labute approximate surface area is 136 Å². The minimum atomic E-state index is -3.10. The molecular weight excluding hydrogens is 314 g/mol. The zero-order chi connectivity index (χ0) is 16.4. The summed E-state index contributed by atoms with van der Waals surface area (Å²) in [5.41, 5.74) is 2.61. The van der Waals surface area contributed by atoms with E-state index in [0.29, 0.717) is 19.0 Å². The molecule has 0 spiro atoms. The molecule has 1 aliphatic heterocycles. The average molecular weight is 335 g/mol. The number of aromatic nitrogens is 4. The number of aryl methyl sites for hydroxylation is 1. The van der Waals surface area contributed by atoms with Gasteiger partial charge < -0.3 is 0 Å². The number of sulfonamides is 1. The number of hydrogen-bond donors (Lipinski definition) is 0. The van der Waals surface area contributed by atoms with Crippen LogP contribution in [0.3, 0.4) is 0 Å². The normalized spacial score (nSPS) is 19.8. The summed E-state index contributed by atoms with van der Waals surface area (Å²) in [4.78, 5) is 8.95. The lowest BCUT2D eigenvalue weighted by Crippen LogP contribution is -2.39. The maximum Gasteiger partial charge on any atom is 0.211 e. The Balaban J connectivity index is 1.68. The fraction of sp³-hybridized carbons (Fsp3) is 0.533. The van der Waals surface area contributed by atoms with Crippen molar-refractivity contribution in [2.75, 3.05) is 19.3 Å². The van der Waals surface area contributed by atoms with Crippen LogP contribution in [-0.2, 0) is 23.5 Å². The largest absolute Gasteiger partial charge is 0.266 e. The molecule has 1 aliphatic rings. The predicted octanol–water partition coefficient (Wildman–Crippen LogP) is 1.09. The van der Waals surface area contributed by atoms with Crippen LogP contribution in [-0.4, -0.2) is 51.8 Å². The van der Waals surface area contributed by atoms with E-state index < -0.39 is 10.0 Å². The monoisotopic (exact) mass is 335 g/mol. The molecule has 0 unspecified atom stereocenters. The highest BCUT2D eigenvalue weighted by Crippen LogP contribution is 2.22. The van der Waals surface area contributed by atoms with E-state index in [9.17, 15) is 8.42 Å². The van der Waals surface area contributed by atoms with E-state index >= 15 is 0 Å². The summed E-state index contributed by atoms with van der Waals surface area (Å²) in [6.45, 7) is 1.20. The second-order valence-electron chi connectivity index (χ2n) is 6.07. The molecule has 23 heavy (non-hydrogen) atoms. The van der Waals surface area contributed by atoms with Crippen LogP contribution < -0.4 is 0 Å². The molecule has 0 bridgehead atoms. The van der Waals surface area contributed by atoms with Gasteiger partial charge in [-0.05, 0) is 31.2 Å². The van der Waals surface area contributed by atoms with Crippen molar-refractivity contribution in [3.8, 4) is 11.4 Å². The summed E-state index contributed by atoms with van der Waals surface area (Å²) in [5, 5.41) is 4.13. The van der Waals surface area contributed by atoms with Crippen LogP contribution in [0.5, 0.6) is 0 Å². The molecule has 1 saturated heterocycles. The van der Waals surface area contributed by atoms with Crippen LogP contribution in [0, 0.1) is 5.92 Å². The fourth-order valence-corrected chi connectivity index (χ4v) is 3.95. The standard InChI is InChI=1S/C15H21N5O2S/c1-19-15(5-6-18-19)14-10-16-13(9-17-14)8-12-4-3-7-20(11-12)23(2,21)22/h5-6,9-10,12H,3-4,7-8,11H2,1-2H3/t12-/m0/s1. The van der Waals surface area contributed by atoms with Crippen molar-refractivity contribution in [1.29, 1.82) is 0 Å². The second-order valence-corrected chi connectivity index (χ2v) is 8.05. The van der Waals surface area contributed by atoms with Gasteiger partial charge in [-0.2, -0.15) is 5.10 Å². The second kappa shape index (κ2) is 6.37. The summed E-state index contributed by atoms with van der Waals surface area (Å²) in [6.07, 6.45) is 9.22.